The van der Waals surface area contributed by atoms with Gasteiger partial charge in [-0.15, -0.1) is 4.31 Å². The normalized spacial score (nSPS) is 16.1. The molecule has 0 aliphatic heterocycles. The molecule has 1 aromatic carbocycles. The summed E-state index contributed by atoms with van der Waals surface area (Å²) in [6.45, 7) is 18.9. The maximum Gasteiger partial charge on any atom is 0.192 e. The Morgan fingerprint density at radius 2 is 1.61 bits per heavy atom. The molecule has 184 valence electrons. The van der Waals surface area contributed by atoms with E-state index in [0.29, 0.717) is 17.9 Å². The molecule has 0 amide bonds. The van der Waals surface area contributed by atoms with Crippen LogP contribution in [0.25, 0.3) is 0 Å². The van der Waals surface area contributed by atoms with Gasteiger partial charge in [-0.05, 0) is 75.2 Å². The monoisotopic (exact) mass is 496 g/mol. The van der Waals surface area contributed by atoms with E-state index in [1.807, 2.05) is 39.8 Å². The van der Waals surface area contributed by atoms with Crippen LogP contribution in [-0.4, -0.2) is 34.0 Å². The van der Waals surface area contributed by atoms with Crippen molar-refractivity contribution >= 4 is 19.7 Å². The number of aromatic nitrogens is 1. The van der Waals surface area contributed by atoms with Crippen LogP contribution in [0, 0.1) is 11.6 Å². The third-order valence-corrected chi connectivity index (χ3v) is 13.0. The van der Waals surface area contributed by atoms with Gasteiger partial charge in [-0.2, -0.15) is 0 Å². The van der Waals surface area contributed by atoms with Crippen LogP contribution < -0.4 is 0 Å². The first-order valence-corrected chi connectivity index (χ1v) is 15.1. The van der Waals surface area contributed by atoms with Crippen molar-refractivity contribution in [3.05, 3.63) is 65.0 Å². The van der Waals surface area contributed by atoms with Gasteiger partial charge in [0.15, 0.2) is 20.0 Å². The number of hydrogen-bond donors (Lipinski definition) is 0. The van der Waals surface area contributed by atoms with Crippen LogP contribution >= 0.6 is 0 Å². The van der Waals surface area contributed by atoms with Crippen molar-refractivity contribution in [3.63, 3.8) is 0 Å². The lowest BCUT2D eigenvalue weighted by molar-refractivity contribution is 0.272. The maximum absolute atomic E-state index is 14.2. The highest BCUT2D eigenvalue weighted by Gasteiger charge is 2.46. The molecule has 2 unspecified atom stereocenters. The summed E-state index contributed by atoms with van der Waals surface area (Å²) in [6, 6.07) is 7.55. The Morgan fingerprint density at radius 3 is 2.06 bits per heavy atom. The predicted molar refractivity (Wildman–Crippen MR) is 135 cm³/mol. The van der Waals surface area contributed by atoms with Crippen LogP contribution in [0.2, 0.25) is 18.1 Å². The van der Waals surface area contributed by atoms with E-state index in [-0.39, 0.29) is 5.04 Å². The molecule has 0 saturated carbocycles. The number of nitrogens with zero attached hydrogens (tertiary/aromatic N) is 2. The third-order valence-electron chi connectivity index (χ3n) is 6.61. The smallest absolute Gasteiger partial charge is 0.192 e. The van der Waals surface area contributed by atoms with Gasteiger partial charge >= 0.3 is 0 Å². The Labute approximate surface area is 202 Å². The lowest BCUT2D eigenvalue weighted by atomic mass is 9.88. The fraction of sp³-hybridized carbons (Fsp3) is 0.560. The zero-order valence-electron chi connectivity index (χ0n) is 21.5. The molecular formula is C25H38F2N2O2SSi. The average Bonchev–Trinajstić information content (AvgIpc) is 2.71. The number of benzene rings is 1. The molecule has 0 radical (unpaired) electrons. The highest BCUT2D eigenvalue weighted by molar-refractivity contribution is 7.90. The van der Waals surface area contributed by atoms with Crippen molar-refractivity contribution in [1.29, 1.82) is 0 Å². The molecule has 8 heteroatoms. The summed E-state index contributed by atoms with van der Waals surface area (Å²) < 4.78 is 48.6. The fourth-order valence-corrected chi connectivity index (χ4v) is 5.46. The summed E-state index contributed by atoms with van der Waals surface area (Å²) in [4.78, 5) is 4.67. The second-order valence-corrected chi connectivity index (χ2v) is 18.2. The molecule has 0 N–H and O–H groups in total. The third kappa shape index (κ3) is 6.03. The SMILES string of the molecule is CN([S+]([O-])C(C)(C)C)C(C)(c1ccc(F)c(F)c1)c1ccc(CO[Si](C)(C)C(C)(C)C)cn1. The van der Waals surface area contributed by atoms with E-state index in [9.17, 15) is 13.3 Å². The van der Waals surface area contributed by atoms with Gasteiger partial charge in [0.2, 0.25) is 0 Å². The molecule has 0 aliphatic carbocycles. The van der Waals surface area contributed by atoms with Crippen molar-refractivity contribution in [1.82, 2.24) is 9.29 Å². The first-order chi connectivity index (χ1) is 14.9. The van der Waals surface area contributed by atoms with Crippen molar-refractivity contribution in [2.45, 2.75) is 83.5 Å². The van der Waals surface area contributed by atoms with Gasteiger partial charge in [-0.3, -0.25) is 4.98 Å². The second kappa shape index (κ2) is 9.74. The van der Waals surface area contributed by atoms with Crippen molar-refractivity contribution in [2.75, 3.05) is 7.05 Å². The van der Waals surface area contributed by atoms with Crippen molar-refractivity contribution in [3.8, 4) is 0 Å². The summed E-state index contributed by atoms with van der Waals surface area (Å²) in [5.41, 5.74) is 0.936. The van der Waals surface area contributed by atoms with Gasteiger partial charge in [0, 0.05) is 24.6 Å². The quantitative estimate of drug-likeness (QED) is 0.323. The first kappa shape index (κ1) is 27.9. The number of rotatable bonds is 7. The zero-order chi connectivity index (χ0) is 25.4. The fourth-order valence-electron chi connectivity index (χ4n) is 3.14. The van der Waals surface area contributed by atoms with Gasteiger partial charge in [-0.25, -0.2) is 8.78 Å². The van der Waals surface area contributed by atoms with E-state index in [2.05, 4.69) is 38.8 Å². The lowest BCUT2D eigenvalue weighted by Gasteiger charge is -2.41. The van der Waals surface area contributed by atoms with E-state index in [4.69, 9.17) is 4.43 Å². The molecule has 2 aromatic rings. The molecule has 2 atom stereocenters. The Balaban J connectivity index is 2.46. The van der Waals surface area contributed by atoms with E-state index in [0.717, 1.165) is 17.7 Å². The summed E-state index contributed by atoms with van der Waals surface area (Å²) in [5.74, 6) is -1.88. The molecule has 0 bridgehead atoms. The number of halogens is 2. The Kier molecular flexibility index (Phi) is 8.24. The van der Waals surface area contributed by atoms with Crippen LogP contribution in [0.1, 0.15) is 65.3 Å². The zero-order valence-corrected chi connectivity index (χ0v) is 23.4. The topological polar surface area (TPSA) is 48.4 Å². The van der Waals surface area contributed by atoms with E-state index >= 15 is 0 Å². The summed E-state index contributed by atoms with van der Waals surface area (Å²) >= 11 is -1.44. The van der Waals surface area contributed by atoms with Crippen molar-refractivity contribution in [2.24, 2.45) is 0 Å². The van der Waals surface area contributed by atoms with Gasteiger partial charge in [0.1, 0.15) is 10.3 Å². The van der Waals surface area contributed by atoms with Crippen molar-refractivity contribution < 1.29 is 17.8 Å². The van der Waals surface area contributed by atoms with E-state index < -0.39 is 41.6 Å². The minimum Gasteiger partial charge on any atom is -0.597 e. The highest BCUT2D eigenvalue weighted by atomic mass is 32.2. The van der Waals surface area contributed by atoms with E-state index in [1.165, 1.54) is 6.07 Å². The standard InChI is InChI=1S/C25H38F2N2O2SSi/c1-23(2,3)32(30)29(8)25(7,19-12-13-20(26)21(27)15-19)22-14-11-18(16-28-22)17-31-33(9,10)24(4,5)6/h11-16H,17H2,1-10H3. The Bertz CT molecular complexity index is 958. The molecule has 0 spiro atoms. The average molecular weight is 497 g/mol. The molecule has 33 heavy (non-hydrogen) atoms. The molecule has 4 nitrogen and oxygen atoms in total. The second-order valence-electron chi connectivity index (χ2n) is 11.2. The molecule has 1 heterocycles. The minimum absolute atomic E-state index is 0.103. The molecular weight excluding hydrogens is 458 g/mol. The van der Waals surface area contributed by atoms with Gasteiger partial charge in [0.25, 0.3) is 0 Å². The Morgan fingerprint density at radius 1 is 1.00 bits per heavy atom. The van der Waals surface area contributed by atoms with Gasteiger partial charge in [0.05, 0.1) is 12.3 Å². The lowest BCUT2D eigenvalue weighted by Crippen LogP contribution is -2.52. The molecule has 2 rings (SSSR count). The van der Waals surface area contributed by atoms with Crippen LogP contribution in [-0.2, 0) is 27.9 Å². The predicted octanol–water partition coefficient (Wildman–Crippen LogP) is 6.54. The minimum atomic E-state index is -1.91. The van der Waals surface area contributed by atoms with E-state index in [1.54, 1.807) is 17.5 Å². The summed E-state index contributed by atoms with van der Waals surface area (Å²) in [7, 11) is -0.188. The summed E-state index contributed by atoms with van der Waals surface area (Å²) in [6.07, 6.45) is 1.74. The number of hydrogen-bond acceptors (Lipinski definition) is 4. The summed E-state index contributed by atoms with van der Waals surface area (Å²) in [5, 5.41) is 0.103. The molecule has 0 saturated heterocycles. The molecule has 1 aromatic heterocycles. The number of pyridine rings is 1. The first-order valence-electron chi connectivity index (χ1n) is 11.1. The molecule has 0 aliphatic rings. The molecule has 0 fully saturated rings. The van der Waals surface area contributed by atoms with Crippen LogP contribution in [0.5, 0.6) is 0 Å². The van der Waals surface area contributed by atoms with Crippen LogP contribution in [0.3, 0.4) is 0 Å². The van der Waals surface area contributed by atoms with Crippen LogP contribution in [0.4, 0.5) is 8.78 Å². The maximum atomic E-state index is 14.2. The van der Waals surface area contributed by atoms with Gasteiger partial charge < -0.3 is 8.98 Å². The largest absolute Gasteiger partial charge is 0.597 e. The van der Waals surface area contributed by atoms with Gasteiger partial charge in [-0.1, -0.05) is 32.9 Å². The highest BCUT2D eigenvalue weighted by Crippen LogP contribution is 2.39. The Hall–Kier alpha value is -1.32. The van der Waals surface area contributed by atoms with Crippen LogP contribution in [0.15, 0.2) is 36.5 Å².